The first kappa shape index (κ1) is 14.0. The summed E-state index contributed by atoms with van der Waals surface area (Å²) in [4.78, 5) is 14.7. The molecule has 2 aromatic rings. The molecule has 0 unspecified atom stereocenters. The minimum atomic E-state index is -0.252. The normalized spacial score (nSPS) is 14.5. The first-order valence-corrected chi connectivity index (χ1v) is 7.23. The standard InChI is InChI=1S/C14H15ClFN5/c15-12-18-13(17-9-10-3-5-11(16)6-4-10)20-14(19-12)21-7-1-2-8-21/h3-6H,1-2,7-9H2,(H,17,18,19,20). The molecule has 0 bridgehead atoms. The smallest absolute Gasteiger partial charge is 0.231 e. The van der Waals surface area contributed by atoms with Crippen LogP contribution in [0.15, 0.2) is 24.3 Å². The molecule has 1 saturated heterocycles. The zero-order chi connectivity index (χ0) is 14.7. The SMILES string of the molecule is Fc1ccc(CNc2nc(Cl)nc(N3CCCC3)n2)cc1. The Hall–Kier alpha value is -1.95. The van der Waals surface area contributed by atoms with Crippen LogP contribution in [0, 0.1) is 5.82 Å². The number of halogens is 2. The van der Waals surface area contributed by atoms with Crippen molar-refractivity contribution in [3.8, 4) is 0 Å². The van der Waals surface area contributed by atoms with E-state index in [4.69, 9.17) is 11.6 Å². The van der Waals surface area contributed by atoms with Crippen LogP contribution in [0.5, 0.6) is 0 Å². The van der Waals surface area contributed by atoms with E-state index in [2.05, 4.69) is 25.2 Å². The largest absolute Gasteiger partial charge is 0.350 e. The molecule has 0 aliphatic carbocycles. The number of aromatic nitrogens is 3. The number of benzene rings is 1. The van der Waals surface area contributed by atoms with Crippen LogP contribution in [0.4, 0.5) is 16.3 Å². The molecule has 5 nitrogen and oxygen atoms in total. The van der Waals surface area contributed by atoms with E-state index < -0.39 is 0 Å². The Morgan fingerprint density at radius 2 is 1.81 bits per heavy atom. The molecule has 3 rings (SSSR count). The van der Waals surface area contributed by atoms with E-state index in [0.29, 0.717) is 18.4 Å². The summed E-state index contributed by atoms with van der Waals surface area (Å²) in [5.74, 6) is 0.786. The average molecular weight is 308 g/mol. The third-order valence-electron chi connectivity index (χ3n) is 3.35. The topological polar surface area (TPSA) is 53.9 Å². The molecule has 1 aromatic heterocycles. The zero-order valence-electron chi connectivity index (χ0n) is 11.4. The third-order valence-corrected chi connectivity index (χ3v) is 3.52. The molecule has 0 radical (unpaired) electrons. The molecule has 1 aliphatic rings. The van der Waals surface area contributed by atoms with Crippen LogP contribution >= 0.6 is 11.6 Å². The molecule has 0 spiro atoms. The van der Waals surface area contributed by atoms with Gasteiger partial charge in [0.2, 0.25) is 17.2 Å². The molecule has 1 aliphatic heterocycles. The van der Waals surface area contributed by atoms with Crippen LogP contribution in [0.25, 0.3) is 0 Å². The summed E-state index contributed by atoms with van der Waals surface area (Å²) in [6, 6.07) is 6.28. The number of hydrogen-bond acceptors (Lipinski definition) is 5. The Labute approximate surface area is 127 Å². The molecule has 1 N–H and O–H groups in total. The van der Waals surface area contributed by atoms with Crippen molar-refractivity contribution < 1.29 is 4.39 Å². The monoisotopic (exact) mass is 307 g/mol. The van der Waals surface area contributed by atoms with Gasteiger partial charge in [0.15, 0.2) is 0 Å². The Kier molecular flexibility index (Phi) is 4.15. The van der Waals surface area contributed by atoms with Gasteiger partial charge in [-0.2, -0.15) is 15.0 Å². The lowest BCUT2D eigenvalue weighted by molar-refractivity contribution is 0.627. The van der Waals surface area contributed by atoms with E-state index in [0.717, 1.165) is 31.5 Å². The Morgan fingerprint density at radius 1 is 1.10 bits per heavy atom. The van der Waals surface area contributed by atoms with Crippen molar-refractivity contribution in [1.82, 2.24) is 15.0 Å². The van der Waals surface area contributed by atoms with Crippen molar-refractivity contribution in [1.29, 1.82) is 0 Å². The molecule has 2 heterocycles. The summed E-state index contributed by atoms with van der Waals surface area (Å²) in [7, 11) is 0. The summed E-state index contributed by atoms with van der Waals surface area (Å²) in [6.45, 7) is 2.38. The van der Waals surface area contributed by atoms with Gasteiger partial charge < -0.3 is 10.2 Å². The first-order valence-electron chi connectivity index (χ1n) is 6.85. The number of nitrogens with one attached hydrogen (secondary N) is 1. The lowest BCUT2D eigenvalue weighted by Crippen LogP contribution is -2.21. The van der Waals surface area contributed by atoms with Gasteiger partial charge in [0.25, 0.3) is 0 Å². The van der Waals surface area contributed by atoms with Gasteiger partial charge >= 0.3 is 0 Å². The third kappa shape index (κ3) is 3.58. The molecule has 110 valence electrons. The molecule has 0 amide bonds. The van der Waals surface area contributed by atoms with Crippen molar-refractivity contribution in [2.24, 2.45) is 0 Å². The molecular weight excluding hydrogens is 293 g/mol. The molecule has 0 saturated carbocycles. The second-order valence-electron chi connectivity index (χ2n) is 4.90. The van der Waals surface area contributed by atoms with Crippen molar-refractivity contribution in [2.45, 2.75) is 19.4 Å². The summed E-state index contributed by atoms with van der Waals surface area (Å²) >= 11 is 5.95. The van der Waals surface area contributed by atoms with Crippen molar-refractivity contribution >= 4 is 23.5 Å². The summed E-state index contributed by atoms with van der Waals surface area (Å²) in [6.07, 6.45) is 2.28. The lowest BCUT2D eigenvalue weighted by Gasteiger charge is -2.15. The molecule has 21 heavy (non-hydrogen) atoms. The van der Waals surface area contributed by atoms with Gasteiger partial charge in [0, 0.05) is 19.6 Å². The zero-order valence-corrected chi connectivity index (χ0v) is 12.1. The second kappa shape index (κ2) is 6.22. The highest BCUT2D eigenvalue weighted by molar-refractivity contribution is 6.28. The fourth-order valence-electron chi connectivity index (χ4n) is 2.26. The maximum absolute atomic E-state index is 12.9. The lowest BCUT2D eigenvalue weighted by atomic mass is 10.2. The molecule has 7 heteroatoms. The van der Waals surface area contributed by atoms with Crippen LogP contribution in [-0.2, 0) is 6.54 Å². The molecule has 0 atom stereocenters. The Morgan fingerprint density at radius 3 is 2.52 bits per heavy atom. The predicted octanol–water partition coefficient (Wildman–Crippen LogP) is 2.88. The van der Waals surface area contributed by atoms with E-state index in [1.807, 2.05) is 0 Å². The quantitative estimate of drug-likeness (QED) is 0.941. The Bertz CT molecular complexity index is 613. The van der Waals surface area contributed by atoms with E-state index in [1.54, 1.807) is 12.1 Å². The molecule has 1 fully saturated rings. The maximum Gasteiger partial charge on any atom is 0.231 e. The number of rotatable bonds is 4. The summed E-state index contributed by atoms with van der Waals surface area (Å²) in [5, 5.41) is 3.26. The van der Waals surface area contributed by atoms with Gasteiger partial charge in [0.1, 0.15) is 5.82 Å². The van der Waals surface area contributed by atoms with Gasteiger partial charge in [-0.15, -0.1) is 0 Å². The van der Waals surface area contributed by atoms with Crippen molar-refractivity contribution in [3.63, 3.8) is 0 Å². The highest BCUT2D eigenvalue weighted by Crippen LogP contribution is 2.18. The van der Waals surface area contributed by atoms with Crippen LogP contribution < -0.4 is 10.2 Å². The van der Waals surface area contributed by atoms with Crippen molar-refractivity contribution in [3.05, 3.63) is 40.9 Å². The maximum atomic E-state index is 12.9. The number of hydrogen-bond donors (Lipinski definition) is 1. The van der Waals surface area contributed by atoms with Gasteiger partial charge in [-0.05, 0) is 42.1 Å². The fourth-order valence-corrected chi connectivity index (χ4v) is 2.42. The van der Waals surface area contributed by atoms with Gasteiger partial charge in [-0.3, -0.25) is 0 Å². The van der Waals surface area contributed by atoms with Crippen molar-refractivity contribution in [2.75, 3.05) is 23.3 Å². The highest BCUT2D eigenvalue weighted by Gasteiger charge is 2.16. The van der Waals surface area contributed by atoms with E-state index in [9.17, 15) is 4.39 Å². The minimum Gasteiger partial charge on any atom is -0.350 e. The van der Waals surface area contributed by atoms with Crippen LogP contribution in [-0.4, -0.2) is 28.0 Å². The van der Waals surface area contributed by atoms with E-state index in [-0.39, 0.29) is 11.1 Å². The summed E-state index contributed by atoms with van der Waals surface area (Å²) in [5.41, 5.74) is 0.940. The fraction of sp³-hybridized carbons (Fsp3) is 0.357. The molecule has 1 aromatic carbocycles. The van der Waals surface area contributed by atoms with Gasteiger partial charge in [0.05, 0.1) is 0 Å². The number of nitrogens with zero attached hydrogens (tertiary/aromatic N) is 4. The Balaban J connectivity index is 1.71. The second-order valence-corrected chi connectivity index (χ2v) is 5.24. The van der Waals surface area contributed by atoms with Crippen LogP contribution in [0.3, 0.4) is 0 Å². The average Bonchev–Trinajstić information content (AvgIpc) is 3.00. The first-order chi connectivity index (χ1) is 10.2. The molecular formula is C14H15ClFN5. The van der Waals surface area contributed by atoms with Crippen LogP contribution in [0.1, 0.15) is 18.4 Å². The van der Waals surface area contributed by atoms with Crippen LogP contribution in [0.2, 0.25) is 5.28 Å². The van der Waals surface area contributed by atoms with E-state index >= 15 is 0 Å². The number of anilines is 2. The van der Waals surface area contributed by atoms with E-state index in [1.165, 1.54) is 12.1 Å². The summed E-state index contributed by atoms with van der Waals surface area (Å²) < 4.78 is 12.9. The van der Waals surface area contributed by atoms with Gasteiger partial charge in [-0.1, -0.05) is 12.1 Å². The highest BCUT2D eigenvalue weighted by atomic mass is 35.5. The van der Waals surface area contributed by atoms with Gasteiger partial charge in [-0.25, -0.2) is 4.39 Å². The predicted molar refractivity (Wildman–Crippen MR) is 80.0 cm³/mol. The minimum absolute atomic E-state index is 0.175.